The summed E-state index contributed by atoms with van der Waals surface area (Å²) in [5.74, 6) is 0.0255. The fourth-order valence-electron chi connectivity index (χ4n) is 2.18. The molecule has 20 heavy (non-hydrogen) atoms. The highest BCUT2D eigenvalue weighted by atomic mass is 79.9. The van der Waals surface area contributed by atoms with Gasteiger partial charge in [-0.05, 0) is 34.1 Å². The van der Waals surface area contributed by atoms with Crippen LogP contribution in [0.3, 0.4) is 0 Å². The monoisotopic (exact) mass is 359 g/mol. The van der Waals surface area contributed by atoms with Crippen LogP contribution in [0, 0.1) is 0 Å². The third-order valence-electron chi connectivity index (χ3n) is 3.47. The lowest BCUT2D eigenvalue weighted by atomic mass is 10.2. The van der Waals surface area contributed by atoms with Gasteiger partial charge in [0.1, 0.15) is 0 Å². The lowest BCUT2D eigenvalue weighted by Gasteiger charge is -2.29. The number of piperazine rings is 1. The van der Waals surface area contributed by atoms with Crippen molar-refractivity contribution in [3.8, 4) is 0 Å². The minimum Gasteiger partial charge on any atom is -0.340 e. The number of nitrogens with one attached hydrogen (secondary N) is 1. The van der Waals surface area contributed by atoms with Gasteiger partial charge in [0.05, 0.1) is 5.02 Å². The van der Waals surface area contributed by atoms with Gasteiger partial charge in [0.25, 0.3) is 5.91 Å². The first kappa shape index (κ1) is 15.8. The van der Waals surface area contributed by atoms with Crippen LogP contribution in [0.2, 0.25) is 5.02 Å². The maximum atomic E-state index is 12.3. The molecule has 1 fully saturated rings. The molecule has 1 N–H and O–H groups in total. The Morgan fingerprint density at radius 3 is 2.80 bits per heavy atom. The SMILES string of the molecule is CN(CCN1CCNCC1)C(=O)c1ccc(Cl)c(Br)c1. The number of benzene rings is 1. The van der Waals surface area contributed by atoms with Gasteiger partial charge in [-0.3, -0.25) is 9.69 Å². The van der Waals surface area contributed by atoms with Gasteiger partial charge >= 0.3 is 0 Å². The lowest BCUT2D eigenvalue weighted by molar-refractivity contribution is 0.0775. The fourth-order valence-corrected chi connectivity index (χ4v) is 2.67. The number of rotatable bonds is 4. The van der Waals surface area contributed by atoms with E-state index in [2.05, 4.69) is 26.1 Å². The van der Waals surface area contributed by atoms with Crippen molar-refractivity contribution in [1.82, 2.24) is 15.1 Å². The summed E-state index contributed by atoms with van der Waals surface area (Å²) in [6.45, 7) is 5.81. The predicted molar refractivity (Wildman–Crippen MR) is 85.4 cm³/mol. The summed E-state index contributed by atoms with van der Waals surface area (Å²) < 4.78 is 0.750. The molecule has 1 aliphatic heterocycles. The first-order valence-electron chi connectivity index (χ1n) is 6.71. The van der Waals surface area contributed by atoms with Crippen LogP contribution in [0.4, 0.5) is 0 Å². The van der Waals surface area contributed by atoms with Crippen LogP contribution in [0.5, 0.6) is 0 Å². The molecule has 110 valence electrons. The summed E-state index contributed by atoms with van der Waals surface area (Å²) >= 11 is 9.29. The maximum Gasteiger partial charge on any atom is 0.253 e. The van der Waals surface area contributed by atoms with E-state index in [4.69, 9.17) is 11.6 Å². The highest BCUT2D eigenvalue weighted by Gasteiger charge is 2.15. The van der Waals surface area contributed by atoms with E-state index in [0.717, 1.165) is 43.7 Å². The summed E-state index contributed by atoms with van der Waals surface area (Å²) in [6, 6.07) is 5.27. The quantitative estimate of drug-likeness (QED) is 0.893. The van der Waals surface area contributed by atoms with Crippen LogP contribution >= 0.6 is 27.5 Å². The Hall–Kier alpha value is -0.620. The number of likely N-dealkylation sites (N-methyl/N-ethyl adjacent to an activating group) is 1. The molecule has 0 aliphatic carbocycles. The normalized spacial score (nSPS) is 16.1. The number of halogens is 2. The van der Waals surface area contributed by atoms with Crippen LogP contribution < -0.4 is 5.32 Å². The molecule has 1 aromatic rings. The van der Waals surface area contributed by atoms with Crippen molar-refractivity contribution in [1.29, 1.82) is 0 Å². The molecule has 0 atom stereocenters. The van der Waals surface area contributed by atoms with Crippen molar-refractivity contribution in [2.24, 2.45) is 0 Å². The summed E-state index contributed by atoms with van der Waals surface area (Å²) in [4.78, 5) is 16.4. The van der Waals surface area contributed by atoms with Crippen molar-refractivity contribution in [3.05, 3.63) is 33.3 Å². The summed E-state index contributed by atoms with van der Waals surface area (Å²) in [5.41, 5.74) is 0.657. The van der Waals surface area contributed by atoms with Crippen molar-refractivity contribution >= 4 is 33.4 Å². The molecule has 0 saturated carbocycles. The molecular formula is C14H19BrClN3O. The molecule has 0 spiro atoms. The molecule has 1 aliphatic rings. The standard InChI is InChI=1S/C14H19BrClN3O/c1-18(8-9-19-6-4-17-5-7-19)14(20)11-2-3-13(16)12(15)10-11/h2-3,10,17H,4-9H2,1H3. The van der Waals surface area contributed by atoms with E-state index in [1.54, 1.807) is 23.1 Å². The van der Waals surface area contributed by atoms with Crippen LogP contribution in [-0.4, -0.2) is 62.0 Å². The molecule has 1 amide bonds. The Morgan fingerprint density at radius 2 is 2.15 bits per heavy atom. The van der Waals surface area contributed by atoms with E-state index in [1.165, 1.54) is 0 Å². The van der Waals surface area contributed by atoms with Crippen molar-refractivity contribution in [2.45, 2.75) is 0 Å². The Labute approximate surface area is 133 Å². The van der Waals surface area contributed by atoms with Crippen LogP contribution in [-0.2, 0) is 0 Å². The van der Waals surface area contributed by atoms with Gasteiger partial charge in [0.2, 0.25) is 0 Å². The third kappa shape index (κ3) is 4.19. The molecule has 0 aromatic heterocycles. The molecule has 0 unspecified atom stereocenters. The number of carbonyl (C=O) groups is 1. The molecule has 0 bridgehead atoms. The minimum absolute atomic E-state index is 0.0255. The van der Waals surface area contributed by atoms with Gasteiger partial charge in [0, 0.05) is 56.4 Å². The van der Waals surface area contributed by atoms with E-state index >= 15 is 0 Å². The molecular weight excluding hydrogens is 342 g/mol. The molecule has 1 aromatic carbocycles. The summed E-state index contributed by atoms with van der Waals surface area (Å²) in [7, 11) is 1.84. The zero-order chi connectivity index (χ0) is 14.5. The molecule has 4 nitrogen and oxygen atoms in total. The highest BCUT2D eigenvalue weighted by Crippen LogP contribution is 2.23. The Morgan fingerprint density at radius 1 is 1.45 bits per heavy atom. The third-order valence-corrected chi connectivity index (χ3v) is 4.69. The number of nitrogens with zero attached hydrogens (tertiary/aromatic N) is 2. The maximum absolute atomic E-state index is 12.3. The van der Waals surface area contributed by atoms with Gasteiger partial charge in [-0.1, -0.05) is 11.6 Å². The van der Waals surface area contributed by atoms with E-state index in [0.29, 0.717) is 10.6 Å². The second-order valence-corrected chi connectivity index (χ2v) is 6.21. The van der Waals surface area contributed by atoms with Gasteiger partial charge in [-0.25, -0.2) is 0 Å². The molecule has 2 rings (SSSR count). The first-order valence-corrected chi connectivity index (χ1v) is 7.88. The van der Waals surface area contributed by atoms with Crippen LogP contribution in [0.25, 0.3) is 0 Å². The first-order chi connectivity index (χ1) is 9.58. The van der Waals surface area contributed by atoms with Crippen molar-refractivity contribution < 1.29 is 4.79 Å². The van der Waals surface area contributed by atoms with Crippen molar-refractivity contribution in [3.63, 3.8) is 0 Å². The predicted octanol–water partition coefficient (Wildman–Crippen LogP) is 2.08. The summed E-state index contributed by atoms with van der Waals surface area (Å²) in [6.07, 6.45) is 0. The van der Waals surface area contributed by atoms with E-state index < -0.39 is 0 Å². The van der Waals surface area contributed by atoms with E-state index in [-0.39, 0.29) is 5.91 Å². The second-order valence-electron chi connectivity index (χ2n) is 4.95. The fraction of sp³-hybridized carbons (Fsp3) is 0.500. The zero-order valence-electron chi connectivity index (χ0n) is 11.5. The van der Waals surface area contributed by atoms with Crippen molar-refractivity contribution in [2.75, 3.05) is 46.3 Å². The van der Waals surface area contributed by atoms with Gasteiger partial charge in [0.15, 0.2) is 0 Å². The van der Waals surface area contributed by atoms with Gasteiger partial charge < -0.3 is 10.2 Å². The van der Waals surface area contributed by atoms with E-state index in [1.807, 2.05) is 7.05 Å². The van der Waals surface area contributed by atoms with Crippen LogP contribution in [0.1, 0.15) is 10.4 Å². The number of hydrogen-bond donors (Lipinski definition) is 1. The molecule has 0 radical (unpaired) electrons. The highest BCUT2D eigenvalue weighted by molar-refractivity contribution is 9.10. The minimum atomic E-state index is 0.0255. The molecule has 1 saturated heterocycles. The van der Waals surface area contributed by atoms with Gasteiger partial charge in [-0.15, -0.1) is 0 Å². The second kappa shape index (κ2) is 7.41. The smallest absolute Gasteiger partial charge is 0.253 e. The Balaban J connectivity index is 1.89. The number of amides is 1. The van der Waals surface area contributed by atoms with Crippen LogP contribution in [0.15, 0.2) is 22.7 Å². The average Bonchev–Trinajstić information content (AvgIpc) is 2.48. The number of carbonyl (C=O) groups excluding carboxylic acids is 1. The zero-order valence-corrected chi connectivity index (χ0v) is 13.9. The van der Waals surface area contributed by atoms with Gasteiger partial charge in [-0.2, -0.15) is 0 Å². The average molecular weight is 361 g/mol. The lowest BCUT2D eigenvalue weighted by Crippen LogP contribution is -2.46. The molecule has 1 heterocycles. The largest absolute Gasteiger partial charge is 0.340 e. The molecule has 6 heteroatoms. The number of hydrogen-bond acceptors (Lipinski definition) is 3. The summed E-state index contributed by atoms with van der Waals surface area (Å²) in [5, 5.41) is 3.94. The Bertz CT molecular complexity index is 477. The topological polar surface area (TPSA) is 35.6 Å². The van der Waals surface area contributed by atoms with E-state index in [9.17, 15) is 4.79 Å². The Kier molecular flexibility index (Phi) is 5.84.